The number of rotatable bonds is 4. The van der Waals surface area contributed by atoms with Gasteiger partial charge in [-0.2, -0.15) is 9.61 Å². The van der Waals surface area contributed by atoms with Gasteiger partial charge in [-0.15, -0.1) is 5.10 Å². The van der Waals surface area contributed by atoms with Crippen LogP contribution in [0.1, 0.15) is 12.5 Å². The fraction of sp³-hybridized carbons (Fsp3) is 0.214. The van der Waals surface area contributed by atoms with E-state index in [2.05, 4.69) is 39.7 Å². The van der Waals surface area contributed by atoms with Crippen LogP contribution in [-0.4, -0.2) is 25.9 Å². The van der Waals surface area contributed by atoms with Gasteiger partial charge >= 0.3 is 5.69 Å². The first-order chi connectivity index (χ1) is 9.72. The number of nitrogens with zero attached hydrogens (tertiary/aromatic N) is 3. The van der Waals surface area contributed by atoms with Crippen molar-refractivity contribution in [3.8, 4) is 0 Å². The van der Waals surface area contributed by atoms with Crippen LogP contribution in [0.4, 0.5) is 5.82 Å². The van der Waals surface area contributed by atoms with Gasteiger partial charge in [0, 0.05) is 6.04 Å². The number of H-pyrrole nitrogens is 1. The second kappa shape index (κ2) is 5.16. The van der Waals surface area contributed by atoms with Crippen molar-refractivity contribution in [2.75, 3.05) is 5.32 Å². The summed E-state index contributed by atoms with van der Waals surface area (Å²) in [7, 11) is 0. The standard InChI is InChI=1S/C14H15N5O/c1-10(9-11-5-3-2-4-6-11)15-12-7-8-13-16-17-14(20)19(13)18-12/h2-8,10H,9H2,1H3,(H,15,18)(H,17,20). The van der Waals surface area contributed by atoms with Gasteiger partial charge in [0.15, 0.2) is 5.65 Å². The summed E-state index contributed by atoms with van der Waals surface area (Å²) in [5.74, 6) is 0.657. The van der Waals surface area contributed by atoms with Crippen LogP contribution in [0, 0.1) is 0 Å². The summed E-state index contributed by atoms with van der Waals surface area (Å²) in [6.07, 6.45) is 0.890. The van der Waals surface area contributed by atoms with Crippen molar-refractivity contribution in [3.63, 3.8) is 0 Å². The smallest absolute Gasteiger partial charge is 0.364 e. The fourth-order valence-corrected chi connectivity index (χ4v) is 2.15. The van der Waals surface area contributed by atoms with Gasteiger partial charge in [-0.3, -0.25) is 0 Å². The summed E-state index contributed by atoms with van der Waals surface area (Å²) in [5.41, 5.74) is 1.43. The Morgan fingerprint density at radius 2 is 2.05 bits per heavy atom. The molecule has 6 nitrogen and oxygen atoms in total. The number of aromatic amines is 1. The highest BCUT2D eigenvalue weighted by molar-refractivity contribution is 5.43. The average Bonchev–Trinajstić information content (AvgIpc) is 2.81. The molecular weight excluding hydrogens is 254 g/mol. The summed E-state index contributed by atoms with van der Waals surface area (Å²) < 4.78 is 1.25. The Kier molecular flexibility index (Phi) is 3.20. The minimum Gasteiger partial charge on any atom is -0.366 e. The molecule has 0 aliphatic carbocycles. The largest absolute Gasteiger partial charge is 0.366 e. The van der Waals surface area contributed by atoms with Crippen LogP contribution in [-0.2, 0) is 6.42 Å². The molecule has 0 aliphatic heterocycles. The van der Waals surface area contributed by atoms with Gasteiger partial charge in [0.1, 0.15) is 5.82 Å². The molecule has 0 aliphatic rings. The van der Waals surface area contributed by atoms with Crippen LogP contribution >= 0.6 is 0 Å². The Morgan fingerprint density at radius 1 is 1.25 bits per heavy atom. The molecule has 0 radical (unpaired) electrons. The minimum absolute atomic E-state index is 0.213. The van der Waals surface area contributed by atoms with Crippen LogP contribution in [0.5, 0.6) is 0 Å². The average molecular weight is 269 g/mol. The molecule has 0 amide bonds. The number of nitrogens with one attached hydrogen (secondary N) is 2. The monoisotopic (exact) mass is 269 g/mol. The van der Waals surface area contributed by atoms with Gasteiger partial charge in [0.05, 0.1) is 0 Å². The molecule has 3 rings (SSSR count). The number of fused-ring (bicyclic) bond motifs is 1. The lowest BCUT2D eigenvalue weighted by Gasteiger charge is -2.14. The van der Waals surface area contributed by atoms with E-state index in [0.717, 1.165) is 6.42 Å². The quantitative estimate of drug-likeness (QED) is 0.752. The summed E-state index contributed by atoms with van der Waals surface area (Å²) in [6.45, 7) is 2.08. The van der Waals surface area contributed by atoms with E-state index in [1.807, 2.05) is 24.3 Å². The summed E-state index contributed by atoms with van der Waals surface area (Å²) in [4.78, 5) is 11.5. The maximum absolute atomic E-state index is 11.5. The first-order valence-corrected chi connectivity index (χ1v) is 6.47. The fourth-order valence-electron chi connectivity index (χ4n) is 2.15. The molecule has 2 aromatic heterocycles. The molecule has 0 saturated heterocycles. The lowest BCUT2D eigenvalue weighted by Crippen LogP contribution is -2.21. The molecule has 0 bridgehead atoms. The molecule has 0 spiro atoms. The maximum atomic E-state index is 11.5. The molecule has 0 saturated carbocycles. The molecule has 20 heavy (non-hydrogen) atoms. The number of hydrogen-bond acceptors (Lipinski definition) is 4. The number of anilines is 1. The Labute approximate surface area is 115 Å². The third-order valence-corrected chi connectivity index (χ3v) is 3.05. The molecule has 1 atom stereocenters. The van der Waals surface area contributed by atoms with Crippen molar-refractivity contribution in [2.24, 2.45) is 0 Å². The lowest BCUT2D eigenvalue weighted by atomic mass is 10.1. The molecule has 1 unspecified atom stereocenters. The number of benzene rings is 1. The molecule has 102 valence electrons. The van der Waals surface area contributed by atoms with E-state index in [1.54, 1.807) is 6.07 Å². The van der Waals surface area contributed by atoms with Crippen LogP contribution in [0.3, 0.4) is 0 Å². The Balaban J connectivity index is 1.75. The number of hydrogen-bond donors (Lipinski definition) is 2. The Bertz CT molecular complexity index is 762. The van der Waals surface area contributed by atoms with E-state index in [0.29, 0.717) is 11.5 Å². The van der Waals surface area contributed by atoms with Crippen LogP contribution in [0.2, 0.25) is 0 Å². The summed E-state index contributed by atoms with van der Waals surface area (Å²) in [6, 6.07) is 14.0. The molecule has 6 heteroatoms. The molecule has 2 N–H and O–H groups in total. The maximum Gasteiger partial charge on any atom is 0.364 e. The van der Waals surface area contributed by atoms with Crippen molar-refractivity contribution in [1.82, 2.24) is 19.8 Å². The van der Waals surface area contributed by atoms with Crippen molar-refractivity contribution in [2.45, 2.75) is 19.4 Å². The van der Waals surface area contributed by atoms with Crippen molar-refractivity contribution in [1.29, 1.82) is 0 Å². The Morgan fingerprint density at radius 3 is 2.85 bits per heavy atom. The minimum atomic E-state index is -0.334. The van der Waals surface area contributed by atoms with Crippen molar-refractivity contribution >= 4 is 11.5 Å². The molecule has 1 aromatic carbocycles. The molecular formula is C14H15N5O. The first-order valence-electron chi connectivity index (χ1n) is 6.47. The molecule has 3 aromatic rings. The zero-order chi connectivity index (χ0) is 13.9. The van der Waals surface area contributed by atoms with Crippen LogP contribution in [0.15, 0.2) is 47.3 Å². The van der Waals surface area contributed by atoms with E-state index in [1.165, 1.54) is 10.1 Å². The van der Waals surface area contributed by atoms with E-state index in [4.69, 9.17) is 0 Å². The highest BCUT2D eigenvalue weighted by atomic mass is 16.2. The first kappa shape index (κ1) is 12.4. The van der Waals surface area contributed by atoms with E-state index in [9.17, 15) is 4.79 Å². The zero-order valence-electron chi connectivity index (χ0n) is 11.1. The predicted molar refractivity (Wildman–Crippen MR) is 76.8 cm³/mol. The van der Waals surface area contributed by atoms with Crippen LogP contribution < -0.4 is 11.0 Å². The Hall–Kier alpha value is -2.63. The van der Waals surface area contributed by atoms with E-state index in [-0.39, 0.29) is 11.7 Å². The van der Waals surface area contributed by atoms with Gasteiger partial charge in [-0.25, -0.2) is 9.89 Å². The third-order valence-electron chi connectivity index (χ3n) is 3.05. The second-order valence-corrected chi connectivity index (χ2v) is 4.75. The molecule has 0 fully saturated rings. The summed E-state index contributed by atoms with van der Waals surface area (Å²) in [5, 5.41) is 13.7. The van der Waals surface area contributed by atoms with Gasteiger partial charge in [0.2, 0.25) is 0 Å². The lowest BCUT2D eigenvalue weighted by molar-refractivity contribution is 0.771. The third kappa shape index (κ3) is 2.54. The zero-order valence-corrected chi connectivity index (χ0v) is 11.1. The topological polar surface area (TPSA) is 75.1 Å². The van der Waals surface area contributed by atoms with E-state index < -0.39 is 0 Å². The second-order valence-electron chi connectivity index (χ2n) is 4.75. The van der Waals surface area contributed by atoms with Crippen LogP contribution in [0.25, 0.3) is 5.65 Å². The molecule has 2 heterocycles. The SMILES string of the molecule is CC(Cc1ccccc1)Nc1ccc2n[nH]c(=O)n2n1. The van der Waals surface area contributed by atoms with Gasteiger partial charge in [-0.05, 0) is 31.0 Å². The highest BCUT2D eigenvalue weighted by Crippen LogP contribution is 2.09. The normalized spacial score (nSPS) is 12.4. The van der Waals surface area contributed by atoms with E-state index >= 15 is 0 Å². The van der Waals surface area contributed by atoms with Crippen molar-refractivity contribution < 1.29 is 0 Å². The van der Waals surface area contributed by atoms with Gasteiger partial charge in [0.25, 0.3) is 0 Å². The number of aromatic nitrogens is 4. The highest BCUT2D eigenvalue weighted by Gasteiger charge is 2.06. The van der Waals surface area contributed by atoms with Crippen molar-refractivity contribution in [3.05, 3.63) is 58.5 Å². The van der Waals surface area contributed by atoms with Gasteiger partial charge < -0.3 is 5.32 Å². The summed E-state index contributed by atoms with van der Waals surface area (Å²) >= 11 is 0. The van der Waals surface area contributed by atoms with Gasteiger partial charge in [-0.1, -0.05) is 30.3 Å². The predicted octanol–water partition coefficient (Wildman–Crippen LogP) is 1.46.